The standard InChI is InChI=1S/C26H36N2O/c1-2-25-13-18-10-20(24(29)28-23-12-17-11-22(23)27-15-17)21(25)8-9-26(14-18,16-25)19-6-4-3-5-7-19/h3-7,17-18,20-23,27H,2,8-16H2,1H3,(H,28,29)/t17?,18?,20?,21?,22?,23?,25-,26-/m1/s1. The molecule has 4 aliphatic carbocycles. The molecule has 8 atom stereocenters. The lowest BCUT2D eigenvalue weighted by molar-refractivity contribution is -0.147. The fourth-order valence-corrected chi connectivity index (χ4v) is 8.83. The van der Waals surface area contributed by atoms with Crippen molar-refractivity contribution in [2.24, 2.45) is 29.1 Å². The first-order chi connectivity index (χ1) is 14.1. The van der Waals surface area contributed by atoms with Gasteiger partial charge in [-0.1, -0.05) is 43.7 Å². The second kappa shape index (κ2) is 6.57. The molecule has 1 amide bonds. The average molecular weight is 393 g/mol. The normalized spacial score (nSPS) is 47.3. The van der Waals surface area contributed by atoms with Crippen LogP contribution in [0.2, 0.25) is 0 Å². The number of hydrogen-bond donors (Lipinski definition) is 2. The monoisotopic (exact) mass is 392 g/mol. The molecule has 5 bridgehead atoms. The third kappa shape index (κ3) is 2.76. The van der Waals surface area contributed by atoms with E-state index in [9.17, 15) is 4.79 Å². The number of hydrogen-bond acceptors (Lipinski definition) is 2. The van der Waals surface area contributed by atoms with Crippen LogP contribution in [0.15, 0.2) is 30.3 Å². The number of benzene rings is 1. The van der Waals surface area contributed by atoms with Crippen molar-refractivity contribution in [3.63, 3.8) is 0 Å². The highest BCUT2D eigenvalue weighted by Gasteiger charge is 2.60. The molecule has 5 fully saturated rings. The number of carbonyl (C=O) groups is 1. The highest BCUT2D eigenvalue weighted by molar-refractivity contribution is 5.80. The van der Waals surface area contributed by atoms with E-state index in [1.807, 2.05) is 0 Å². The summed E-state index contributed by atoms with van der Waals surface area (Å²) >= 11 is 0. The van der Waals surface area contributed by atoms with Gasteiger partial charge in [0.05, 0.1) is 0 Å². The van der Waals surface area contributed by atoms with E-state index < -0.39 is 0 Å². The van der Waals surface area contributed by atoms with Crippen LogP contribution in [-0.2, 0) is 10.2 Å². The van der Waals surface area contributed by atoms with Crippen LogP contribution in [0.1, 0.15) is 70.3 Å². The molecular formula is C26H36N2O. The summed E-state index contributed by atoms with van der Waals surface area (Å²) in [5, 5.41) is 7.15. The molecule has 3 heteroatoms. The Labute approximate surface area is 175 Å². The predicted octanol–water partition coefficient (Wildman–Crippen LogP) is 4.42. The molecule has 4 saturated carbocycles. The number of carbonyl (C=O) groups excluding carboxylic acids is 1. The summed E-state index contributed by atoms with van der Waals surface area (Å²) in [7, 11) is 0. The highest BCUT2D eigenvalue weighted by Crippen LogP contribution is 2.67. The number of piperidine rings is 1. The van der Waals surface area contributed by atoms with Crippen LogP contribution in [0, 0.1) is 29.1 Å². The fourth-order valence-electron chi connectivity index (χ4n) is 8.83. The molecule has 2 N–H and O–H groups in total. The first kappa shape index (κ1) is 18.4. The Morgan fingerprint density at radius 3 is 2.72 bits per heavy atom. The molecule has 1 aromatic rings. The van der Waals surface area contributed by atoms with E-state index in [0.29, 0.717) is 34.7 Å². The van der Waals surface area contributed by atoms with Gasteiger partial charge in [0.1, 0.15) is 0 Å². The zero-order valence-corrected chi connectivity index (χ0v) is 17.8. The molecule has 0 aromatic heterocycles. The van der Waals surface area contributed by atoms with Crippen molar-refractivity contribution in [2.45, 2.75) is 82.2 Å². The number of amides is 1. The van der Waals surface area contributed by atoms with Crippen LogP contribution in [0.5, 0.6) is 0 Å². The average Bonchev–Trinajstić information content (AvgIpc) is 3.35. The van der Waals surface area contributed by atoms with E-state index in [4.69, 9.17) is 0 Å². The zero-order chi connectivity index (χ0) is 19.6. The van der Waals surface area contributed by atoms with E-state index in [1.54, 1.807) is 5.56 Å². The summed E-state index contributed by atoms with van der Waals surface area (Å²) in [6, 6.07) is 12.2. The van der Waals surface area contributed by atoms with Gasteiger partial charge in [0.15, 0.2) is 0 Å². The van der Waals surface area contributed by atoms with Crippen molar-refractivity contribution in [3.8, 4) is 0 Å². The van der Waals surface area contributed by atoms with E-state index in [0.717, 1.165) is 24.8 Å². The van der Waals surface area contributed by atoms with E-state index >= 15 is 0 Å². The quantitative estimate of drug-likeness (QED) is 0.796. The van der Waals surface area contributed by atoms with Crippen LogP contribution in [0.3, 0.4) is 0 Å². The minimum Gasteiger partial charge on any atom is -0.352 e. The fraction of sp³-hybridized carbons (Fsp3) is 0.731. The van der Waals surface area contributed by atoms with Gasteiger partial charge in [-0.2, -0.15) is 0 Å². The summed E-state index contributed by atoms with van der Waals surface area (Å²) in [5.41, 5.74) is 2.31. The maximum atomic E-state index is 13.5. The molecule has 1 aliphatic heterocycles. The van der Waals surface area contributed by atoms with Gasteiger partial charge in [-0.05, 0) is 92.1 Å². The van der Waals surface area contributed by atoms with Gasteiger partial charge in [0.25, 0.3) is 0 Å². The Kier molecular flexibility index (Phi) is 4.18. The molecule has 6 rings (SSSR count). The zero-order valence-electron chi connectivity index (χ0n) is 17.8. The predicted molar refractivity (Wildman–Crippen MR) is 115 cm³/mol. The van der Waals surface area contributed by atoms with Crippen molar-refractivity contribution >= 4 is 5.91 Å². The third-order valence-electron chi connectivity index (χ3n) is 9.94. The lowest BCUT2D eigenvalue weighted by Gasteiger charge is -2.63. The number of fused-ring (bicyclic) bond motifs is 4. The summed E-state index contributed by atoms with van der Waals surface area (Å²) in [6.07, 6.45) is 11.3. The highest BCUT2D eigenvalue weighted by atomic mass is 16.2. The van der Waals surface area contributed by atoms with Gasteiger partial charge in [0.2, 0.25) is 5.91 Å². The first-order valence-electron chi connectivity index (χ1n) is 12.2. The summed E-state index contributed by atoms with van der Waals surface area (Å²) in [5.74, 6) is 2.74. The van der Waals surface area contributed by atoms with E-state index in [-0.39, 0.29) is 5.92 Å². The number of rotatable bonds is 4. The third-order valence-corrected chi connectivity index (χ3v) is 9.94. The maximum absolute atomic E-state index is 13.5. The van der Waals surface area contributed by atoms with Gasteiger partial charge in [0, 0.05) is 18.0 Å². The molecule has 29 heavy (non-hydrogen) atoms. The van der Waals surface area contributed by atoms with E-state index in [1.165, 1.54) is 51.4 Å². The second-order valence-electron chi connectivity index (χ2n) is 11.3. The SMILES string of the molecule is CC[C@]12CC3CC(C(=O)NC4CC5CNC4C5)C1CC[C@@](c1ccccc1)(C3)C2. The summed E-state index contributed by atoms with van der Waals surface area (Å²) in [4.78, 5) is 13.5. The van der Waals surface area contributed by atoms with Crippen molar-refractivity contribution < 1.29 is 4.79 Å². The van der Waals surface area contributed by atoms with Crippen LogP contribution < -0.4 is 10.6 Å². The minimum absolute atomic E-state index is 0.252. The van der Waals surface area contributed by atoms with Gasteiger partial charge in [-0.25, -0.2) is 0 Å². The smallest absolute Gasteiger partial charge is 0.223 e. The van der Waals surface area contributed by atoms with Gasteiger partial charge >= 0.3 is 0 Å². The Balaban J connectivity index is 1.26. The summed E-state index contributed by atoms with van der Waals surface area (Å²) < 4.78 is 0. The Hall–Kier alpha value is -1.35. The van der Waals surface area contributed by atoms with Gasteiger partial charge < -0.3 is 10.6 Å². The van der Waals surface area contributed by atoms with Gasteiger partial charge in [-0.15, -0.1) is 0 Å². The molecule has 1 aromatic carbocycles. The van der Waals surface area contributed by atoms with Crippen LogP contribution in [-0.4, -0.2) is 24.5 Å². The molecule has 0 spiro atoms. The largest absolute Gasteiger partial charge is 0.352 e. The van der Waals surface area contributed by atoms with E-state index in [2.05, 4.69) is 47.9 Å². The Morgan fingerprint density at radius 1 is 1.14 bits per heavy atom. The Bertz CT molecular complexity index is 793. The summed E-state index contributed by atoms with van der Waals surface area (Å²) in [6.45, 7) is 3.56. The lowest BCUT2D eigenvalue weighted by atomic mass is 9.41. The minimum atomic E-state index is 0.252. The topological polar surface area (TPSA) is 41.1 Å². The van der Waals surface area contributed by atoms with Crippen molar-refractivity contribution in [2.75, 3.05) is 6.54 Å². The molecule has 3 nitrogen and oxygen atoms in total. The molecule has 1 heterocycles. The molecule has 5 aliphatic rings. The van der Waals surface area contributed by atoms with Crippen LogP contribution >= 0.6 is 0 Å². The van der Waals surface area contributed by atoms with Crippen molar-refractivity contribution in [1.29, 1.82) is 0 Å². The van der Waals surface area contributed by atoms with Crippen molar-refractivity contribution in [1.82, 2.24) is 10.6 Å². The molecule has 156 valence electrons. The van der Waals surface area contributed by atoms with Crippen molar-refractivity contribution in [3.05, 3.63) is 35.9 Å². The maximum Gasteiger partial charge on any atom is 0.223 e. The number of nitrogens with one attached hydrogen (secondary N) is 2. The second-order valence-corrected chi connectivity index (χ2v) is 11.3. The molecule has 6 unspecified atom stereocenters. The Morgan fingerprint density at radius 2 is 2.00 bits per heavy atom. The molecular weight excluding hydrogens is 356 g/mol. The molecule has 0 radical (unpaired) electrons. The van der Waals surface area contributed by atoms with Crippen LogP contribution in [0.25, 0.3) is 0 Å². The molecule has 1 saturated heterocycles. The van der Waals surface area contributed by atoms with Gasteiger partial charge in [-0.3, -0.25) is 4.79 Å². The first-order valence-corrected chi connectivity index (χ1v) is 12.2. The van der Waals surface area contributed by atoms with Crippen LogP contribution in [0.4, 0.5) is 0 Å². The lowest BCUT2D eigenvalue weighted by Crippen LogP contribution is -2.59.